The van der Waals surface area contributed by atoms with E-state index in [-0.39, 0.29) is 5.97 Å². The number of ether oxygens (including phenoxy) is 3. The van der Waals surface area contributed by atoms with Crippen molar-refractivity contribution in [3.8, 4) is 28.4 Å². The zero-order valence-electron chi connectivity index (χ0n) is 24.0. The molecule has 5 nitrogen and oxygen atoms in total. The molecule has 0 N–H and O–H groups in total. The topological polar surface area (TPSA) is 48.0 Å². The average Bonchev–Trinajstić information content (AvgIpc) is 2.98. The van der Waals surface area contributed by atoms with Crippen LogP contribution in [0.3, 0.4) is 0 Å². The lowest BCUT2D eigenvalue weighted by atomic mass is 10.1. The first-order valence-corrected chi connectivity index (χ1v) is 14.6. The van der Waals surface area contributed by atoms with E-state index in [4.69, 9.17) is 14.2 Å². The van der Waals surface area contributed by atoms with Crippen LogP contribution in [0.25, 0.3) is 11.1 Å². The van der Waals surface area contributed by atoms with Crippen molar-refractivity contribution < 1.29 is 19.0 Å². The molecule has 3 rings (SSSR count). The molecule has 0 bridgehead atoms. The van der Waals surface area contributed by atoms with Crippen LogP contribution in [0.2, 0.25) is 0 Å². The average molecular weight is 532 g/mol. The van der Waals surface area contributed by atoms with Gasteiger partial charge in [-0.05, 0) is 79.2 Å². The Morgan fingerprint density at radius 3 is 1.64 bits per heavy atom. The highest BCUT2D eigenvalue weighted by Gasteiger charge is 2.10. The van der Waals surface area contributed by atoms with E-state index in [1.54, 1.807) is 12.1 Å². The Morgan fingerprint density at radius 1 is 0.590 bits per heavy atom. The van der Waals surface area contributed by atoms with Crippen molar-refractivity contribution in [2.75, 3.05) is 32.8 Å². The number of esters is 1. The van der Waals surface area contributed by atoms with Gasteiger partial charge in [-0.2, -0.15) is 0 Å². The number of likely N-dealkylation sites (N-methyl/N-ethyl adjacent to an activating group) is 1. The van der Waals surface area contributed by atoms with Crippen molar-refractivity contribution in [1.29, 1.82) is 0 Å². The molecule has 0 radical (unpaired) electrons. The van der Waals surface area contributed by atoms with E-state index in [1.165, 1.54) is 38.5 Å². The predicted molar refractivity (Wildman–Crippen MR) is 160 cm³/mol. The normalized spacial score (nSPS) is 11.0. The molecule has 0 saturated carbocycles. The number of carbonyl (C=O) groups is 1. The lowest BCUT2D eigenvalue weighted by molar-refractivity contribution is 0.0734. The van der Waals surface area contributed by atoms with Crippen molar-refractivity contribution in [2.24, 2.45) is 0 Å². The summed E-state index contributed by atoms with van der Waals surface area (Å²) in [7, 11) is 0. The zero-order chi connectivity index (χ0) is 27.7. The largest absolute Gasteiger partial charge is 0.494 e. The summed E-state index contributed by atoms with van der Waals surface area (Å²) in [5.41, 5.74) is 2.63. The van der Waals surface area contributed by atoms with Gasteiger partial charge in [-0.3, -0.25) is 0 Å². The van der Waals surface area contributed by atoms with E-state index in [0.29, 0.717) is 24.5 Å². The third-order valence-corrected chi connectivity index (χ3v) is 6.93. The fraction of sp³-hybridized carbons (Fsp3) is 0.441. The monoisotopic (exact) mass is 531 g/mol. The fourth-order valence-electron chi connectivity index (χ4n) is 4.39. The second-order valence-corrected chi connectivity index (χ2v) is 9.81. The minimum atomic E-state index is -0.382. The van der Waals surface area contributed by atoms with Gasteiger partial charge in [0.15, 0.2) is 0 Å². The lowest BCUT2D eigenvalue weighted by Crippen LogP contribution is -2.27. The van der Waals surface area contributed by atoms with Gasteiger partial charge in [0, 0.05) is 6.54 Å². The highest BCUT2D eigenvalue weighted by Crippen LogP contribution is 2.25. The molecule has 3 aromatic rings. The molecule has 0 spiro atoms. The van der Waals surface area contributed by atoms with E-state index < -0.39 is 0 Å². The Kier molecular flexibility index (Phi) is 13.4. The molecule has 0 atom stereocenters. The van der Waals surface area contributed by atoms with E-state index in [0.717, 1.165) is 48.7 Å². The molecule has 0 aliphatic carbocycles. The minimum Gasteiger partial charge on any atom is -0.494 e. The van der Waals surface area contributed by atoms with Crippen LogP contribution in [0.4, 0.5) is 0 Å². The third kappa shape index (κ3) is 10.8. The first-order valence-electron chi connectivity index (χ1n) is 14.6. The van der Waals surface area contributed by atoms with Crippen LogP contribution in [0, 0.1) is 0 Å². The Balaban J connectivity index is 1.41. The van der Waals surface area contributed by atoms with Gasteiger partial charge < -0.3 is 19.1 Å². The standard InChI is InChI=1S/C34H45NO4/c1-4-7-8-9-10-11-12-26-37-31-21-17-30(18-22-31)34(36)39-33-23-15-29(16-24-33)28-13-19-32(20-14-28)38-27-25-35(5-2)6-3/h13-24H,4-12,25-27H2,1-3H3. The molecule has 210 valence electrons. The number of unbranched alkanes of at least 4 members (excludes halogenated alkanes) is 6. The smallest absolute Gasteiger partial charge is 0.343 e. The Labute approximate surface area is 235 Å². The van der Waals surface area contributed by atoms with Gasteiger partial charge >= 0.3 is 5.97 Å². The first kappa shape index (κ1) is 30.2. The van der Waals surface area contributed by atoms with E-state index in [2.05, 4.69) is 25.7 Å². The van der Waals surface area contributed by atoms with E-state index in [1.807, 2.05) is 60.7 Å². The van der Waals surface area contributed by atoms with Gasteiger partial charge in [0.25, 0.3) is 0 Å². The van der Waals surface area contributed by atoms with Crippen molar-refractivity contribution in [3.63, 3.8) is 0 Å². The molecule has 0 aliphatic rings. The summed E-state index contributed by atoms with van der Waals surface area (Å²) >= 11 is 0. The van der Waals surface area contributed by atoms with Gasteiger partial charge in [-0.15, -0.1) is 0 Å². The van der Waals surface area contributed by atoms with Gasteiger partial charge in [-0.1, -0.05) is 83.6 Å². The molecule has 0 amide bonds. The summed E-state index contributed by atoms with van der Waals surface area (Å²) < 4.78 is 17.3. The molecule has 3 aromatic carbocycles. The highest BCUT2D eigenvalue weighted by molar-refractivity contribution is 5.91. The molecule has 0 aliphatic heterocycles. The second-order valence-electron chi connectivity index (χ2n) is 9.81. The van der Waals surface area contributed by atoms with E-state index >= 15 is 0 Å². The van der Waals surface area contributed by atoms with Crippen LogP contribution in [0.15, 0.2) is 72.8 Å². The Bertz CT molecular complexity index is 1070. The number of benzene rings is 3. The summed E-state index contributed by atoms with van der Waals surface area (Å²) in [6, 6.07) is 22.8. The maximum absolute atomic E-state index is 12.6. The number of nitrogens with zero attached hydrogens (tertiary/aromatic N) is 1. The predicted octanol–water partition coefficient (Wildman–Crippen LogP) is 8.42. The maximum atomic E-state index is 12.6. The fourth-order valence-corrected chi connectivity index (χ4v) is 4.39. The number of rotatable bonds is 18. The molecule has 0 heterocycles. The molecule has 0 unspecified atom stereocenters. The van der Waals surface area contributed by atoms with Crippen LogP contribution in [0.1, 0.15) is 76.1 Å². The van der Waals surface area contributed by atoms with Gasteiger partial charge in [0.05, 0.1) is 12.2 Å². The quantitative estimate of drug-likeness (QED) is 0.0936. The Morgan fingerprint density at radius 2 is 1.08 bits per heavy atom. The molecule has 39 heavy (non-hydrogen) atoms. The third-order valence-electron chi connectivity index (χ3n) is 6.93. The minimum absolute atomic E-state index is 0.382. The second kappa shape index (κ2) is 17.3. The number of hydrogen-bond donors (Lipinski definition) is 0. The SMILES string of the molecule is CCCCCCCCCOc1ccc(C(=O)Oc2ccc(-c3ccc(OCCN(CC)CC)cc3)cc2)cc1. The molecule has 0 fully saturated rings. The summed E-state index contributed by atoms with van der Waals surface area (Å²) in [5.74, 6) is 1.78. The zero-order valence-corrected chi connectivity index (χ0v) is 24.0. The molecular formula is C34H45NO4. The van der Waals surface area contributed by atoms with Crippen LogP contribution in [-0.2, 0) is 0 Å². The molecule has 0 saturated heterocycles. The molecular weight excluding hydrogens is 486 g/mol. The summed E-state index contributed by atoms with van der Waals surface area (Å²) in [6.07, 6.45) is 8.79. The molecule has 5 heteroatoms. The van der Waals surface area contributed by atoms with Crippen molar-refractivity contribution in [1.82, 2.24) is 4.90 Å². The van der Waals surface area contributed by atoms with Crippen LogP contribution in [0.5, 0.6) is 17.2 Å². The number of carbonyl (C=O) groups excluding carboxylic acids is 1. The van der Waals surface area contributed by atoms with E-state index in [9.17, 15) is 4.79 Å². The van der Waals surface area contributed by atoms with Crippen LogP contribution >= 0.6 is 0 Å². The highest BCUT2D eigenvalue weighted by atomic mass is 16.5. The molecule has 0 aromatic heterocycles. The summed E-state index contributed by atoms with van der Waals surface area (Å²) in [5, 5.41) is 0. The van der Waals surface area contributed by atoms with Crippen molar-refractivity contribution in [3.05, 3.63) is 78.4 Å². The number of hydrogen-bond acceptors (Lipinski definition) is 5. The summed E-state index contributed by atoms with van der Waals surface area (Å²) in [6.45, 7) is 10.9. The summed E-state index contributed by atoms with van der Waals surface area (Å²) in [4.78, 5) is 15.0. The first-order chi connectivity index (χ1) is 19.1. The van der Waals surface area contributed by atoms with Crippen LogP contribution in [-0.4, -0.2) is 43.7 Å². The Hall–Kier alpha value is -3.31. The van der Waals surface area contributed by atoms with Crippen molar-refractivity contribution >= 4 is 5.97 Å². The van der Waals surface area contributed by atoms with Gasteiger partial charge in [-0.25, -0.2) is 4.79 Å². The lowest BCUT2D eigenvalue weighted by Gasteiger charge is -2.18. The van der Waals surface area contributed by atoms with Crippen molar-refractivity contribution in [2.45, 2.75) is 65.7 Å². The van der Waals surface area contributed by atoms with Crippen LogP contribution < -0.4 is 14.2 Å². The van der Waals surface area contributed by atoms with Gasteiger partial charge in [0.2, 0.25) is 0 Å². The maximum Gasteiger partial charge on any atom is 0.343 e. The van der Waals surface area contributed by atoms with Gasteiger partial charge in [0.1, 0.15) is 23.9 Å².